The van der Waals surface area contributed by atoms with Gasteiger partial charge in [-0.05, 0) is 23.2 Å². The van der Waals surface area contributed by atoms with Crippen molar-refractivity contribution in [3.05, 3.63) is 29.2 Å². The third-order valence-electron chi connectivity index (χ3n) is 1.50. The van der Waals surface area contributed by atoms with Crippen LogP contribution in [-0.2, 0) is 0 Å². The van der Waals surface area contributed by atoms with E-state index in [4.69, 9.17) is 46.3 Å². The minimum Gasteiger partial charge on any atom is -0.385 e. The number of nitrogens with zero attached hydrogens (tertiary/aromatic N) is 5. The Morgan fingerprint density at radius 2 is 1.83 bits per heavy atom. The van der Waals surface area contributed by atoms with E-state index in [1.54, 1.807) is 0 Å². The summed E-state index contributed by atoms with van der Waals surface area (Å²) in [6.07, 6.45) is 0. The van der Waals surface area contributed by atoms with Crippen LogP contribution in [0, 0.1) is 0 Å². The zero-order valence-electron chi connectivity index (χ0n) is 8.94. The first-order valence-electron chi connectivity index (χ1n) is 4.31. The van der Waals surface area contributed by atoms with Crippen LogP contribution in [-0.4, -0.2) is 19.8 Å². The predicted octanol–water partition coefficient (Wildman–Crippen LogP) is 1.11. The molecule has 0 aliphatic carbocycles. The van der Waals surface area contributed by atoms with Crippen LogP contribution in [0.15, 0.2) is 28.3 Å². The fourth-order valence-electron chi connectivity index (χ4n) is 0.990. The van der Waals surface area contributed by atoms with Crippen LogP contribution in [0.5, 0.6) is 0 Å². The first-order chi connectivity index (χ1) is 8.31. The van der Waals surface area contributed by atoms with Crippen LogP contribution in [0.4, 0.5) is 5.95 Å². The van der Waals surface area contributed by atoms with Crippen molar-refractivity contribution in [2.45, 2.75) is 0 Å². The molecule has 0 radical (unpaired) electrons. The van der Waals surface area contributed by atoms with Gasteiger partial charge in [0.05, 0.1) is 0 Å². The molecular weight excluding hydrogens is 300 g/mol. The summed E-state index contributed by atoms with van der Waals surface area (Å²) in [7, 11) is 0. The molecule has 1 heterocycles. The first kappa shape index (κ1) is 14.5. The van der Waals surface area contributed by atoms with Crippen LogP contribution in [0.25, 0.3) is 5.82 Å². The van der Waals surface area contributed by atoms with Gasteiger partial charge in [0, 0.05) is 0 Å². The number of hydrogen-bond donors (Lipinski definition) is 2. The summed E-state index contributed by atoms with van der Waals surface area (Å²) in [4.78, 5) is 15.1. The number of halogens is 3. The van der Waals surface area contributed by atoms with Crippen molar-refractivity contribution in [1.82, 2.24) is 14.5 Å². The number of aliphatic imine (C=N–C) groups is 1. The van der Waals surface area contributed by atoms with E-state index in [0.29, 0.717) is 0 Å². The topological polar surface area (TPSA) is 107 Å². The normalized spacial score (nSPS) is 12.6. The van der Waals surface area contributed by atoms with E-state index in [1.165, 1.54) is 0 Å². The summed E-state index contributed by atoms with van der Waals surface area (Å²) in [5.41, 5.74) is 10.8. The molecule has 0 saturated carbocycles. The van der Waals surface area contributed by atoms with Crippen LogP contribution in [0.3, 0.4) is 0 Å². The molecule has 0 amide bonds. The first-order valence-corrected chi connectivity index (χ1v) is 5.44. The molecular formula is C8H8Cl3N7. The Kier molecular flexibility index (Phi) is 4.71. The average Bonchev–Trinajstić information content (AvgIpc) is 2.12. The van der Waals surface area contributed by atoms with E-state index in [9.17, 15) is 0 Å². The van der Waals surface area contributed by atoms with Gasteiger partial charge in [0.15, 0.2) is 5.29 Å². The maximum Gasteiger partial charge on any atom is 0.243 e. The van der Waals surface area contributed by atoms with Crippen molar-refractivity contribution < 1.29 is 0 Å². The molecule has 0 aromatic carbocycles. The van der Waals surface area contributed by atoms with Crippen LogP contribution < -0.4 is 17.1 Å². The summed E-state index contributed by atoms with van der Waals surface area (Å²) >= 11 is 16.7. The molecule has 0 spiro atoms. The molecule has 0 fully saturated rings. The van der Waals surface area contributed by atoms with Gasteiger partial charge in [-0.2, -0.15) is 15.0 Å². The van der Waals surface area contributed by atoms with E-state index in [2.05, 4.69) is 33.1 Å². The zero-order valence-corrected chi connectivity index (χ0v) is 11.2. The second kappa shape index (κ2) is 5.85. The van der Waals surface area contributed by atoms with Gasteiger partial charge < -0.3 is 11.5 Å². The number of amidine groups is 1. The average molecular weight is 309 g/mol. The molecule has 0 saturated heterocycles. The van der Waals surface area contributed by atoms with Crippen molar-refractivity contribution in [2.24, 2.45) is 21.5 Å². The maximum atomic E-state index is 5.70. The predicted molar refractivity (Wildman–Crippen MR) is 72.2 cm³/mol. The lowest BCUT2D eigenvalue weighted by atomic mass is 10.7. The Labute approximate surface area is 117 Å². The smallest absolute Gasteiger partial charge is 0.243 e. The summed E-state index contributed by atoms with van der Waals surface area (Å²) in [6, 6.07) is 0. The van der Waals surface area contributed by atoms with Gasteiger partial charge in [-0.1, -0.05) is 24.8 Å². The van der Waals surface area contributed by atoms with Gasteiger partial charge in [0.25, 0.3) is 0 Å². The van der Waals surface area contributed by atoms with Gasteiger partial charge in [-0.3, -0.25) is 0 Å². The molecule has 0 atom stereocenters. The van der Waals surface area contributed by atoms with Crippen LogP contribution >= 0.6 is 34.8 Å². The summed E-state index contributed by atoms with van der Waals surface area (Å²) in [5, 5.41) is -0.440. The molecule has 0 aliphatic rings. The molecule has 0 aliphatic heterocycles. The third kappa shape index (κ3) is 3.73. The molecule has 7 nitrogen and oxygen atoms in total. The SMILES string of the molecule is C=C(Cl)/N=c1/nc(Cl)nc(/N=C(\N)Cl)n1C(=C)N. The second-order valence-electron chi connectivity index (χ2n) is 2.84. The highest BCUT2D eigenvalue weighted by molar-refractivity contribution is 6.64. The molecule has 10 heteroatoms. The molecule has 0 unspecified atom stereocenters. The molecule has 4 N–H and O–H groups in total. The largest absolute Gasteiger partial charge is 0.385 e. The summed E-state index contributed by atoms with van der Waals surface area (Å²) in [5.74, 6) is -0.00772. The summed E-state index contributed by atoms with van der Waals surface area (Å²) in [6.45, 7) is 6.92. The maximum absolute atomic E-state index is 5.70. The lowest BCUT2D eigenvalue weighted by molar-refractivity contribution is 0.833. The van der Waals surface area contributed by atoms with E-state index in [1.807, 2.05) is 0 Å². The zero-order chi connectivity index (χ0) is 13.9. The highest BCUT2D eigenvalue weighted by Crippen LogP contribution is 2.11. The Bertz CT molecular complexity index is 597. The van der Waals surface area contributed by atoms with Crippen LogP contribution in [0.2, 0.25) is 5.28 Å². The summed E-state index contributed by atoms with van der Waals surface area (Å²) < 4.78 is 1.16. The van der Waals surface area contributed by atoms with Gasteiger partial charge in [-0.25, -0.2) is 9.56 Å². The number of aromatic nitrogens is 3. The van der Waals surface area contributed by atoms with Crippen molar-refractivity contribution in [1.29, 1.82) is 0 Å². The van der Waals surface area contributed by atoms with E-state index in [0.717, 1.165) is 4.57 Å². The molecule has 0 bridgehead atoms. The number of hydrogen-bond acceptors (Lipinski definition) is 5. The third-order valence-corrected chi connectivity index (χ3v) is 1.84. The molecule has 18 heavy (non-hydrogen) atoms. The van der Waals surface area contributed by atoms with Gasteiger partial charge in [0.2, 0.25) is 16.9 Å². The van der Waals surface area contributed by atoms with E-state index >= 15 is 0 Å². The quantitative estimate of drug-likeness (QED) is 0.495. The van der Waals surface area contributed by atoms with Gasteiger partial charge in [-0.15, -0.1) is 0 Å². The number of nitrogens with two attached hydrogens (primary N) is 2. The highest BCUT2D eigenvalue weighted by atomic mass is 35.5. The van der Waals surface area contributed by atoms with Crippen molar-refractivity contribution in [2.75, 3.05) is 0 Å². The van der Waals surface area contributed by atoms with Crippen molar-refractivity contribution in [3.63, 3.8) is 0 Å². The minimum atomic E-state index is -0.268. The lowest BCUT2D eigenvalue weighted by Gasteiger charge is -2.08. The van der Waals surface area contributed by atoms with Gasteiger partial charge in [0.1, 0.15) is 11.0 Å². The monoisotopic (exact) mass is 307 g/mol. The Morgan fingerprint density at radius 3 is 2.28 bits per heavy atom. The Hall–Kier alpha value is -1.57. The molecule has 1 rings (SSSR count). The van der Waals surface area contributed by atoms with Crippen molar-refractivity contribution >= 4 is 51.9 Å². The Morgan fingerprint density at radius 1 is 1.22 bits per heavy atom. The van der Waals surface area contributed by atoms with Crippen LogP contribution in [0.1, 0.15) is 0 Å². The fourth-order valence-corrected chi connectivity index (χ4v) is 1.29. The Balaban J connectivity index is 3.73. The highest BCUT2D eigenvalue weighted by Gasteiger charge is 2.09. The standard InChI is InChI=1S/C8H8Cl3N7/c1-3(9)14-7-16-6(11)17-8(15-5(10)13)18(7)4(2)12/h1-2,12H2,(H2,13,14,15,16,17). The van der Waals surface area contributed by atoms with Crippen molar-refractivity contribution in [3.8, 4) is 0 Å². The van der Waals surface area contributed by atoms with E-state index in [-0.39, 0.29) is 33.1 Å². The minimum absolute atomic E-state index is 0.000772. The van der Waals surface area contributed by atoms with Gasteiger partial charge >= 0.3 is 0 Å². The fraction of sp³-hybridized carbons (Fsp3) is 0. The number of rotatable bonds is 3. The second-order valence-corrected chi connectivity index (χ2v) is 4.00. The molecule has 96 valence electrons. The molecule has 1 aromatic rings. The lowest BCUT2D eigenvalue weighted by Crippen LogP contribution is -2.28. The molecule has 1 aromatic heterocycles. The van der Waals surface area contributed by atoms with E-state index < -0.39 is 0 Å².